The van der Waals surface area contributed by atoms with Crippen molar-refractivity contribution in [2.24, 2.45) is 5.73 Å². The molecule has 0 aliphatic heterocycles. The molecule has 2 N–H and O–H groups in total. The molecular formula is C8H13ClN4. The van der Waals surface area contributed by atoms with Crippen molar-refractivity contribution in [3.63, 3.8) is 0 Å². The number of hydrogen-bond donors (Lipinski definition) is 1. The highest BCUT2D eigenvalue weighted by molar-refractivity contribution is 6.29. The predicted octanol–water partition coefficient (Wildman–Crippen LogP) is 0.915. The Kier molecular flexibility index (Phi) is 3.92. The van der Waals surface area contributed by atoms with Crippen molar-refractivity contribution in [2.75, 3.05) is 24.5 Å². The van der Waals surface area contributed by atoms with Crippen molar-refractivity contribution >= 4 is 17.4 Å². The molecule has 72 valence electrons. The van der Waals surface area contributed by atoms with Gasteiger partial charge in [0.2, 0.25) is 0 Å². The second kappa shape index (κ2) is 4.99. The van der Waals surface area contributed by atoms with Gasteiger partial charge < -0.3 is 10.6 Å². The van der Waals surface area contributed by atoms with Crippen LogP contribution in [0.2, 0.25) is 5.15 Å². The minimum Gasteiger partial charge on any atom is -0.354 e. The number of halogens is 1. The smallest absolute Gasteiger partial charge is 0.149 e. The first kappa shape index (κ1) is 10.2. The highest BCUT2D eigenvalue weighted by Crippen LogP contribution is 2.11. The topological polar surface area (TPSA) is 55.0 Å². The molecule has 0 radical (unpaired) electrons. The SMILES string of the molecule is CCN(CCN)c1cncc(Cl)n1. The number of nitrogens with two attached hydrogens (primary N) is 1. The second-order valence-corrected chi connectivity index (χ2v) is 2.96. The van der Waals surface area contributed by atoms with Crippen molar-refractivity contribution in [3.05, 3.63) is 17.5 Å². The molecule has 0 saturated carbocycles. The fourth-order valence-corrected chi connectivity index (χ4v) is 1.22. The van der Waals surface area contributed by atoms with Crippen LogP contribution in [0.5, 0.6) is 0 Å². The van der Waals surface area contributed by atoms with Gasteiger partial charge in [0.1, 0.15) is 11.0 Å². The summed E-state index contributed by atoms with van der Waals surface area (Å²) in [5, 5.41) is 0.410. The van der Waals surface area contributed by atoms with Gasteiger partial charge in [-0.1, -0.05) is 11.6 Å². The molecule has 4 nitrogen and oxygen atoms in total. The number of anilines is 1. The monoisotopic (exact) mass is 200 g/mol. The number of nitrogens with zero attached hydrogens (tertiary/aromatic N) is 3. The van der Waals surface area contributed by atoms with E-state index < -0.39 is 0 Å². The summed E-state index contributed by atoms with van der Waals surface area (Å²) in [6.45, 7) is 4.26. The van der Waals surface area contributed by atoms with E-state index in [2.05, 4.69) is 9.97 Å². The fraction of sp³-hybridized carbons (Fsp3) is 0.500. The Labute approximate surface area is 82.7 Å². The van der Waals surface area contributed by atoms with Gasteiger partial charge in [-0.25, -0.2) is 4.98 Å². The molecule has 13 heavy (non-hydrogen) atoms. The molecule has 0 aliphatic rings. The number of hydrogen-bond acceptors (Lipinski definition) is 4. The van der Waals surface area contributed by atoms with Crippen LogP contribution in [-0.4, -0.2) is 29.6 Å². The summed E-state index contributed by atoms with van der Waals surface area (Å²) in [6, 6.07) is 0. The van der Waals surface area contributed by atoms with Crippen LogP contribution < -0.4 is 10.6 Å². The van der Waals surface area contributed by atoms with Crippen molar-refractivity contribution in [2.45, 2.75) is 6.92 Å². The van der Waals surface area contributed by atoms with Crippen molar-refractivity contribution in [3.8, 4) is 0 Å². The second-order valence-electron chi connectivity index (χ2n) is 2.57. The summed E-state index contributed by atoms with van der Waals surface area (Å²) in [4.78, 5) is 10.1. The van der Waals surface area contributed by atoms with Crippen LogP contribution in [0.1, 0.15) is 6.92 Å². The summed E-state index contributed by atoms with van der Waals surface area (Å²) in [7, 11) is 0. The molecule has 0 aliphatic carbocycles. The Hall–Kier alpha value is -0.870. The van der Waals surface area contributed by atoms with Gasteiger partial charge in [-0.15, -0.1) is 0 Å². The zero-order chi connectivity index (χ0) is 9.68. The molecule has 1 rings (SSSR count). The first-order chi connectivity index (χ1) is 6.27. The molecule has 1 aromatic heterocycles. The van der Waals surface area contributed by atoms with E-state index in [0.29, 0.717) is 11.7 Å². The molecule has 0 saturated heterocycles. The maximum atomic E-state index is 5.71. The minimum absolute atomic E-state index is 0.410. The Morgan fingerprint density at radius 1 is 1.54 bits per heavy atom. The quantitative estimate of drug-likeness (QED) is 0.785. The number of rotatable bonds is 4. The van der Waals surface area contributed by atoms with Gasteiger partial charge in [-0.2, -0.15) is 0 Å². The van der Waals surface area contributed by atoms with Crippen LogP contribution in [0.4, 0.5) is 5.82 Å². The molecule has 0 atom stereocenters. The van der Waals surface area contributed by atoms with Gasteiger partial charge in [-0.3, -0.25) is 4.98 Å². The lowest BCUT2D eigenvalue weighted by Crippen LogP contribution is -2.29. The van der Waals surface area contributed by atoms with Crippen LogP contribution in [0.15, 0.2) is 12.4 Å². The maximum absolute atomic E-state index is 5.71. The normalized spacial score (nSPS) is 10.1. The van der Waals surface area contributed by atoms with Gasteiger partial charge >= 0.3 is 0 Å². The Morgan fingerprint density at radius 3 is 2.85 bits per heavy atom. The molecule has 0 aromatic carbocycles. The first-order valence-electron chi connectivity index (χ1n) is 4.20. The van der Waals surface area contributed by atoms with Gasteiger partial charge in [0.25, 0.3) is 0 Å². The lowest BCUT2D eigenvalue weighted by atomic mass is 10.4. The van der Waals surface area contributed by atoms with Gasteiger partial charge in [-0.05, 0) is 6.92 Å². The molecule has 1 heterocycles. The van der Waals surface area contributed by atoms with Crippen molar-refractivity contribution in [1.82, 2.24) is 9.97 Å². The van der Waals surface area contributed by atoms with E-state index in [0.717, 1.165) is 18.9 Å². The average molecular weight is 201 g/mol. The van der Waals surface area contributed by atoms with Crippen LogP contribution in [0.25, 0.3) is 0 Å². The van der Waals surface area contributed by atoms with E-state index in [4.69, 9.17) is 17.3 Å². The molecule has 0 amide bonds. The Morgan fingerprint density at radius 2 is 2.31 bits per heavy atom. The van der Waals surface area contributed by atoms with Crippen molar-refractivity contribution < 1.29 is 0 Å². The summed E-state index contributed by atoms with van der Waals surface area (Å²) in [5.74, 6) is 0.778. The summed E-state index contributed by atoms with van der Waals surface area (Å²) < 4.78 is 0. The van der Waals surface area contributed by atoms with E-state index in [9.17, 15) is 0 Å². The third-order valence-corrected chi connectivity index (χ3v) is 1.88. The highest BCUT2D eigenvalue weighted by atomic mass is 35.5. The van der Waals surface area contributed by atoms with E-state index >= 15 is 0 Å². The Balaban J connectivity index is 2.78. The standard InChI is InChI=1S/C8H13ClN4/c1-2-13(4-3-10)8-6-11-5-7(9)12-8/h5-6H,2-4,10H2,1H3. The van der Waals surface area contributed by atoms with Crippen LogP contribution in [0.3, 0.4) is 0 Å². The van der Waals surface area contributed by atoms with E-state index in [1.54, 1.807) is 6.20 Å². The molecule has 0 fully saturated rings. The molecular weight excluding hydrogens is 188 g/mol. The fourth-order valence-electron chi connectivity index (χ4n) is 1.08. The molecule has 5 heteroatoms. The molecule has 0 unspecified atom stereocenters. The number of likely N-dealkylation sites (N-methyl/N-ethyl adjacent to an activating group) is 1. The van der Waals surface area contributed by atoms with Gasteiger partial charge in [0, 0.05) is 19.6 Å². The number of aromatic nitrogens is 2. The lowest BCUT2D eigenvalue weighted by Gasteiger charge is -2.20. The third kappa shape index (κ3) is 2.82. The summed E-state index contributed by atoms with van der Waals surface area (Å²) in [6.07, 6.45) is 3.20. The lowest BCUT2D eigenvalue weighted by molar-refractivity contribution is 0.798. The largest absolute Gasteiger partial charge is 0.354 e. The van der Waals surface area contributed by atoms with Crippen LogP contribution >= 0.6 is 11.6 Å². The molecule has 1 aromatic rings. The molecule has 0 bridgehead atoms. The Bertz CT molecular complexity index is 266. The van der Waals surface area contributed by atoms with E-state index in [1.165, 1.54) is 6.20 Å². The summed E-state index contributed by atoms with van der Waals surface area (Å²) >= 11 is 5.71. The predicted molar refractivity (Wildman–Crippen MR) is 54.0 cm³/mol. The summed E-state index contributed by atoms with van der Waals surface area (Å²) in [5.41, 5.74) is 5.46. The highest BCUT2D eigenvalue weighted by Gasteiger charge is 2.04. The zero-order valence-corrected chi connectivity index (χ0v) is 8.33. The minimum atomic E-state index is 0.410. The zero-order valence-electron chi connectivity index (χ0n) is 7.57. The van der Waals surface area contributed by atoms with E-state index in [1.807, 2.05) is 11.8 Å². The van der Waals surface area contributed by atoms with Crippen molar-refractivity contribution in [1.29, 1.82) is 0 Å². The van der Waals surface area contributed by atoms with E-state index in [-0.39, 0.29) is 0 Å². The van der Waals surface area contributed by atoms with Gasteiger partial charge in [0.15, 0.2) is 0 Å². The van der Waals surface area contributed by atoms with Gasteiger partial charge in [0.05, 0.1) is 12.4 Å². The average Bonchev–Trinajstić information content (AvgIpc) is 2.14. The van der Waals surface area contributed by atoms with Crippen LogP contribution in [-0.2, 0) is 0 Å². The third-order valence-electron chi connectivity index (χ3n) is 1.70. The first-order valence-corrected chi connectivity index (χ1v) is 4.58. The van der Waals surface area contributed by atoms with Crippen LogP contribution in [0, 0.1) is 0 Å². The maximum Gasteiger partial charge on any atom is 0.149 e. The molecule has 0 spiro atoms.